The van der Waals surface area contributed by atoms with E-state index >= 15 is 0 Å². The average Bonchev–Trinajstić information content (AvgIpc) is 2.24. The number of hydrogen-bond donors (Lipinski definition) is 2. The van der Waals surface area contributed by atoms with Gasteiger partial charge in [0.15, 0.2) is 0 Å². The first-order chi connectivity index (χ1) is 7.56. The fourth-order valence-electron chi connectivity index (χ4n) is 1.25. The topological polar surface area (TPSA) is 72.9 Å². The number of aromatic nitrogens is 2. The maximum Gasteiger partial charge on any atom is 0.283 e. The number of aryl methyl sites for hydroxylation is 1. The second-order valence-corrected chi connectivity index (χ2v) is 4.48. The zero-order chi connectivity index (χ0) is 12.1. The van der Waals surface area contributed by atoms with E-state index in [0.717, 1.165) is 18.7 Å². The van der Waals surface area contributed by atoms with Gasteiger partial charge >= 0.3 is 0 Å². The van der Waals surface area contributed by atoms with Crippen LogP contribution >= 0.6 is 15.9 Å². The van der Waals surface area contributed by atoms with Gasteiger partial charge in [0, 0.05) is 19.1 Å². The van der Waals surface area contributed by atoms with E-state index in [1.54, 1.807) is 6.20 Å². The van der Waals surface area contributed by atoms with Crippen molar-refractivity contribution in [2.24, 2.45) is 5.73 Å². The van der Waals surface area contributed by atoms with Crippen molar-refractivity contribution in [3.63, 3.8) is 0 Å². The molecule has 0 spiro atoms. The van der Waals surface area contributed by atoms with Crippen LogP contribution < -0.4 is 16.6 Å². The van der Waals surface area contributed by atoms with Gasteiger partial charge in [-0.25, -0.2) is 4.68 Å². The Morgan fingerprint density at radius 1 is 1.69 bits per heavy atom. The maximum absolute atomic E-state index is 11.7. The summed E-state index contributed by atoms with van der Waals surface area (Å²) in [6.45, 7) is 5.12. The quantitative estimate of drug-likeness (QED) is 0.853. The number of hydrogen-bond acceptors (Lipinski definition) is 4. The normalized spacial score (nSPS) is 12.5. The third-order valence-corrected chi connectivity index (χ3v) is 2.97. The summed E-state index contributed by atoms with van der Waals surface area (Å²) in [6, 6.07) is 0.148. The Kier molecular flexibility index (Phi) is 4.95. The number of halogens is 1. The molecule has 1 heterocycles. The number of nitrogens with zero attached hydrogens (tertiary/aromatic N) is 2. The van der Waals surface area contributed by atoms with Crippen LogP contribution in [-0.4, -0.2) is 22.4 Å². The lowest BCUT2D eigenvalue weighted by atomic mass is 10.2. The first kappa shape index (κ1) is 13.2. The molecule has 0 bridgehead atoms. The molecule has 0 aliphatic rings. The summed E-state index contributed by atoms with van der Waals surface area (Å²) < 4.78 is 1.93. The Bertz CT molecular complexity index is 402. The molecule has 1 rings (SSSR count). The van der Waals surface area contributed by atoms with Crippen LogP contribution in [0.5, 0.6) is 0 Å². The second-order valence-electron chi connectivity index (χ2n) is 3.69. The van der Waals surface area contributed by atoms with Gasteiger partial charge in [-0.1, -0.05) is 0 Å². The smallest absolute Gasteiger partial charge is 0.283 e. The Labute approximate surface area is 103 Å². The third kappa shape index (κ3) is 3.31. The van der Waals surface area contributed by atoms with E-state index in [1.807, 2.05) is 13.8 Å². The molecule has 1 aromatic heterocycles. The van der Waals surface area contributed by atoms with E-state index in [2.05, 4.69) is 26.3 Å². The maximum atomic E-state index is 11.7. The molecule has 0 saturated carbocycles. The molecule has 0 fully saturated rings. The highest BCUT2D eigenvalue weighted by Crippen LogP contribution is 2.15. The highest BCUT2D eigenvalue weighted by molar-refractivity contribution is 9.10. The van der Waals surface area contributed by atoms with Gasteiger partial charge in [-0.2, -0.15) is 5.10 Å². The van der Waals surface area contributed by atoms with Gasteiger partial charge in [0.05, 0.1) is 11.9 Å². The van der Waals surface area contributed by atoms with Crippen LogP contribution in [0, 0.1) is 0 Å². The zero-order valence-corrected chi connectivity index (χ0v) is 11.1. The molecular formula is C10H17BrN4O. The van der Waals surface area contributed by atoms with Crippen molar-refractivity contribution in [3.05, 3.63) is 21.0 Å². The van der Waals surface area contributed by atoms with Crippen molar-refractivity contribution >= 4 is 21.6 Å². The fraction of sp³-hybridized carbons (Fsp3) is 0.600. The predicted molar refractivity (Wildman–Crippen MR) is 68.6 cm³/mol. The van der Waals surface area contributed by atoms with Crippen LogP contribution in [0.15, 0.2) is 15.5 Å². The monoisotopic (exact) mass is 288 g/mol. The number of anilines is 1. The van der Waals surface area contributed by atoms with E-state index in [4.69, 9.17) is 5.73 Å². The molecule has 0 radical (unpaired) electrons. The van der Waals surface area contributed by atoms with Crippen molar-refractivity contribution in [2.45, 2.75) is 32.9 Å². The van der Waals surface area contributed by atoms with Crippen LogP contribution in [0.3, 0.4) is 0 Å². The van der Waals surface area contributed by atoms with E-state index < -0.39 is 0 Å². The predicted octanol–water partition coefficient (Wildman–Crippen LogP) is 1.17. The first-order valence-electron chi connectivity index (χ1n) is 5.31. The summed E-state index contributed by atoms with van der Waals surface area (Å²) in [5.41, 5.74) is 6.24. The standard InChI is InChI=1S/C10H17BrN4O/c1-3-15-10(16)9(11)8(6-14-15)13-5-4-7(2)12/h6-7,13H,3-5,12H2,1-2H3. The van der Waals surface area contributed by atoms with Crippen molar-refractivity contribution in [1.82, 2.24) is 9.78 Å². The zero-order valence-electron chi connectivity index (χ0n) is 9.53. The van der Waals surface area contributed by atoms with Crippen LogP contribution in [0.2, 0.25) is 0 Å². The highest BCUT2D eigenvalue weighted by Gasteiger charge is 2.07. The SMILES string of the molecule is CCn1ncc(NCCC(C)N)c(Br)c1=O. The van der Waals surface area contributed by atoms with Gasteiger partial charge in [-0.3, -0.25) is 4.79 Å². The number of nitrogens with one attached hydrogen (secondary N) is 1. The van der Waals surface area contributed by atoms with Crippen molar-refractivity contribution < 1.29 is 0 Å². The Morgan fingerprint density at radius 3 is 2.94 bits per heavy atom. The fourth-order valence-corrected chi connectivity index (χ4v) is 1.70. The Balaban J connectivity index is 2.75. The first-order valence-corrected chi connectivity index (χ1v) is 6.10. The molecule has 5 nitrogen and oxygen atoms in total. The molecule has 16 heavy (non-hydrogen) atoms. The van der Waals surface area contributed by atoms with Gasteiger partial charge in [0.25, 0.3) is 5.56 Å². The van der Waals surface area contributed by atoms with Gasteiger partial charge < -0.3 is 11.1 Å². The minimum atomic E-state index is -0.117. The summed E-state index contributed by atoms with van der Waals surface area (Å²) in [6.07, 6.45) is 2.50. The minimum absolute atomic E-state index is 0.117. The third-order valence-electron chi connectivity index (χ3n) is 2.20. The molecule has 6 heteroatoms. The van der Waals surface area contributed by atoms with E-state index in [1.165, 1.54) is 4.68 Å². The van der Waals surface area contributed by atoms with Crippen molar-refractivity contribution in [3.8, 4) is 0 Å². The lowest BCUT2D eigenvalue weighted by Crippen LogP contribution is -2.24. The summed E-state index contributed by atoms with van der Waals surface area (Å²) >= 11 is 3.27. The summed E-state index contributed by atoms with van der Waals surface area (Å²) in [7, 11) is 0. The second kappa shape index (κ2) is 6.00. The molecule has 3 N–H and O–H groups in total. The average molecular weight is 289 g/mol. The van der Waals surface area contributed by atoms with Gasteiger partial charge in [-0.15, -0.1) is 0 Å². The number of nitrogens with two attached hydrogens (primary N) is 1. The molecule has 0 saturated heterocycles. The molecule has 0 aromatic carbocycles. The van der Waals surface area contributed by atoms with E-state index in [-0.39, 0.29) is 11.6 Å². The summed E-state index contributed by atoms with van der Waals surface area (Å²) in [5.74, 6) is 0. The minimum Gasteiger partial charge on any atom is -0.383 e. The molecule has 1 aromatic rings. The van der Waals surface area contributed by atoms with Crippen LogP contribution in [0.1, 0.15) is 20.3 Å². The van der Waals surface area contributed by atoms with Gasteiger partial charge in [0.2, 0.25) is 0 Å². The molecule has 1 atom stereocenters. The molecule has 0 aliphatic heterocycles. The van der Waals surface area contributed by atoms with E-state index in [0.29, 0.717) is 11.0 Å². The highest BCUT2D eigenvalue weighted by atomic mass is 79.9. The van der Waals surface area contributed by atoms with Gasteiger partial charge in [0.1, 0.15) is 4.47 Å². The molecule has 1 unspecified atom stereocenters. The lowest BCUT2D eigenvalue weighted by Gasteiger charge is -2.10. The van der Waals surface area contributed by atoms with Crippen LogP contribution in [0.25, 0.3) is 0 Å². The van der Waals surface area contributed by atoms with E-state index in [9.17, 15) is 4.79 Å². The lowest BCUT2D eigenvalue weighted by molar-refractivity contribution is 0.612. The molecular weight excluding hydrogens is 272 g/mol. The van der Waals surface area contributed by atoms with Crippen LogP contribution in [0.4, 0.5) is 5.69 Å². The van der Waals surface area contributed by atoms with Gasteiger partial charge in [-0.05, 0) is 36.2 Å². The Morgan fingerprint density at radius 2 is 2.38 bits per heavy atom. The number of rotatable bonds is 5. The Hall–Kier alpha value is -0.880. The molecule has 0 amide bonds. The summed E-state index contributed by atoms with van der Waals surface area (Å²) in [5, 5.41) is 7.17. The molecule has 0 aliphatic carbocycles. The summed E-state index contributed by atoms with van der Waals surface area (Å²) in [4.78, 5) is 11.7. The van der Waals surface area contributed by atoms with Crippen molar-refractivity contribution in [1.29, 1.82) is 0 Å². The molecule has 90 valence electrons. The van der Waals surface area contributed by atoms with Crippen LogP contribution in [-0.2, 0) is 6.54 Å². The van der Waals surface area contributed by atoms with Crippen molar-refractivity contribution in [2.75, 3.05) is 11.9 Å². The largest absolute Gasteiger partial charge is 0.383 e.